The van der Waals surface area contributed by atoms with Crippen LogP contribution in [-0.4, -0.2) is 38.2 Å². The Morgan fingerprint density at radius 3 is 2.37 bits per heavy atom. The van der Waals surface area contributed by atoms with Crippen LogP contribution >= 0.6 is 9.24 Å². The molecule has 1 atom stereocenters. The second-order valence-corrected chi connectivity index (χ2v) is 6.46. The van der Waals surface area contributed by atoms with Gasteiger partial charge >= 0.3 is 12.1 Å². The fraction of sp³-hybridized carbons (Fsp3) is 0.200. The van der Waals surface area contributed by atoms with E-state index in [1.165, 1.54) is 19.1 Å². The van der Waals surface area contributed by atoms with Crippen LogP contribution < -0.4 is 11.0 Å². The third kappa shape index (κ3) is 5.22. The minimum Gasteiger partial charge on any atom is -0.465 e. The maximum Gasteiger partial charge on any atom is 0.409 e. The second kappa shape index (κ2) is 9.07. The first-order valence-corrected chi connectivity index (χ1v) is 8.60. The van der Waals surface area contributed by atoms with Crippen LogP contribution in [0.25, 0.3) is 0 Å². The van der Waals surface area contributed by atoms with E-state index in [0.29, 0.717) is 23.4 Å². The van der Waals surface area contributed by atoms with Gasteiger partial charge in [-0.15, -0.1) is 9.24 Å². The van der Waals surface area contributed by atoms with Gasteiger partial charge in [0.05, 0.1) is 25.3 Å². The number of ether oxygens (including phenoxy) is 2. The summed E-state index contributed by atoms with van der Waals surface area (Å²) < 4.78 is 9.47. The molecule has 0 heterocycles. The SMILES string of the molecule is COC(=O)c1cc(P)cc(N)c1C#Cc1ccc(CN(C)C(=O)OC)cc1. The highest BCUT2D eigenvalue weighted by molar-refractivity contribution is 7.27. The average molecular weight is 384 g/mol. The average Bonchev–Trinajstić information content (AvgIpc) is 2.66. The molecule has 0 saturated carbocycles. The molecule has 2 aromatic rings. The maximum absolute atomic E-state index is 12.0. The number of rotatable bonds is 3. The van der Waals surface area contributed by atoms with Crippen molar-refractivity contribution in [1.29, 1.82) is 0 Å². The number of methoxy groups -OCH3 is 2. The third-order valence-electron chi connectivity index (χ3n) is 3.79. The van der Waals surface area contributed by atoms with Crippen molar-refractivity contribution in [1.82, 2.24) is 4.90 Å². The van der Waals surface area contributed by atoms with Crippen LogP contribution in [0.4, 0.5) is 10.5 Å². The Bertz CT molecular complexity index is 914. The molecule has 0 aromatic heterocycles. The fourth-order valence-corrected chi connectivity index (χ4v) is 2.77. The molecule has 0 aliphatic carbocycles. The van der Waals surface area contributed by atoms with Crippen molar-refractivity contribution in [2.24, 2.45) is 0 Å². The van der Waals surface area contributed by atoms with Gasteiger partial charge in [-0.25, -0.2) is 9.59 Å². The van der Waals surface area contributed by atoms with E-state index in [0.717, 1.165) is 16.4 Å². The van der Waals surface area contributed by atoms with Crippen molar-refractivity contribution in [2.45, 2.75) is 6.54 Å². The predicted octanol–water partition coefficient (Wildman–Crippen LogP) is 2.15. The Labute approximate surface area is 160 Å². The molecule has 0 radical (unpaired) electrons. The van der Waals surface area contributed by atoms with Crippen molar-refractivity contribution in [2.75, 3.05) is 27.0 Å². The van der Waals surface area contributed by atoms with Crippen LogP contribution in [0.2, 0.25) is 0 Å². The number of amides is 1. The van der Waals surface area contributed by atoms with Gasteiger partial charge in [0.25, 0.3) is 0 Å². The molecular weight excluding hydrogens is 363 g/mol. The Morgan fingerprint density at radius 2 is 1.78 bits per heavy atom. The number of nitrogens with two attached hydrogens (primary N) is 1. The summed E-state index contributed by atoms with van der Waals surface area (Å²) in [5.74, 6) is 5.47. The lowest BCUT2D eigenvalue weighted by atomic mass is 10.0. The Balaban J connectivity index is 2.26. The lowest BCUT2D eigenvalue weighted by molar-refractivity contribution is 0.0600. The van der Waals surface area contributed by atoms with Crippen LogP contribution in [0.1, 0.15) is 27.0 Å². The van der Waals surface area contributed by atoms with Gasteiger partial charge in [0.15, 0.2) is 0 Å². The Hall–Kier alpha value is -3.03. The number of carbonyl (C=O) groups excluding carboxylic acids is 2. The molecule has 0 aliphatic rings. The Morgan fingerprint density at radius 1 is 1.11 bits per heavy atom. The van der Waals surface area contributed by atoms with Gasteiger partial charge in [-0.05, 0) is 35.1 Å². The number of esters is 1. The largest absolute Gasteiger partial charge is 0.465 e. The summed E-state index contributed by atoms with van der Waals surface area (Å²) in [6.45, 7) is 0.426. The molecule has 0 spiro atoms. The molecule has 2 aromatic carbocycles. The monoisotopic (exact) mass is 384 g/mol. The van der Waals surface area contributed by atoms with E-state index < -0.39 is 12.1 Å². The molecule has 1 amide bonds. The summed E-state index contributed by atoms with van der Waals surface area (Å²) in [7, 11) is 6.82. The van der Waals surface area contributed by atoms with Gasteiger partial charge in [-0.3, -0.25) is 0 Å². The van der Waals surface area contributed by atoms with E-state index in [4.69, 9.17) is 10.5 Å². The minimum absolute atomic E-state index is 0.325. The summed E-state index contributed by atoms with van der Waals surface area (Å²) in [5, 5.41) is 0.775. The predicted molar refractivity (Wildman–Crippen MR) is 108 cm³/mol. The summed E-state index contributed by atoms with van der Waals surface area (Å²) in [5.41, 5.74) is 8.89. The van der Waals surface area contributed by atoms with Crippen LogP contribution in [0.15, 0.2) is 36.4 Å². The molecule has 2 N–H and O–H groups in total. The number of carbonyl (C=O) groups is 2. The van der Waals surface area contributed by atoms with Crippen LogP contribution in [-0.2, 0) is 16.0 Å². The van der Waals surface area contributed by atoms with Gasteiger partial charge in [-0.2, -0.15) is 0 Å². The van der Waals surface area contributed by atoms with Crippen LogP contribution in [0, 0.1) is 11.8 Å². The van der Waals surface area contributed by atoms with E-state index >= 15 is 0 Å². The van der Waals surface area contributed by atoms with Crippen molar-refractivity contribution in [3.05, 3.63) is 58.7 Å². The fourth-order valence-electron chi connectivity index (χ4n) is 2.42. The topological polar surface area (TPSA) is 81.9 Å². The smallest absolute Gasteiger partial charge is 0.409 e. The molecule has 27 heavy (non-hydrogen) atoms. The molecule has 0 saturated heterocycles. The molecule has 140 valence electrons. The standard InChI is InChI=1S/C20H21N2O4P/c1-22(20(24)26-3)12-14-6-4-13(5-7-14)8-9-16-17(19(23)25-2)10-15(27)11-18(16)21/h4-7,10-11H,12,21,27H2,1-3H3. The van der Waals surface area contributed by atoms with Gasteiger partial charge < -0.3 is 20.1 Å². The first-order valence-electron chi connectivity index (χ1n) is 8.03. The number of benzene rings is 2. The summed E-state index contributed by atoms with van der Waals surface area (Å²) >= 11 is 0. The van der Waals surface area contributed by atoms with Crippen molar-refractivity contribution < 1.29 is 19.1 Å². The number of nitrogen functional groups attached to an aromatic ring is 1. The number of nitrogens with zero attached hydrogens (tertiary/aromatic N) is 1. The quantitative estimate of drug-likeness (QED) is 0.380. The first-order chi connectivity index (χ1) is 12.8. The zero-order valence-corrected chi connectivity index (χ0v) is 16.6. The molecule has 0 aliphatic heterocycles. The lowest BCUT2D eigenvalue weighted by Gasteiger charge is -2.15. The normalized spacial score (nSPS) is 9.78. The molecule has 0 bridgehead atoms. The van der Waals surface area contributed by atoms with Crippen LogP contribution in [0.3, 0.4) is 0 Å². The van der Waals surface area contributed by atoms with Crippen molar-refractivity contribution >= 4 is 32.3 Å². The molecule has 2 rings (SSSR count). The number of hydrogen-bond donors (Lipinski definition) is 1. The van der Waals surface area contributed by atoms with Crippen LogP contribution in [0.5, 0.6) is 0 Å². The van der Waals surface area contributed by atoms with Gasteiger partial charge in [0.1, 0.15) is 0 Å². The third-order valence-corrected chi connectivity index (χ3v) is 4.12. The van der Waals surface area contributed by atoms with E-state index in [1.54, 1.807) is 19.2 Å². The molecule has 1 unspecified atom stereocenters. The zero-order valence-electron chi connectivity index (χ0n) is 15.4. The summed E-state index contributed by atoms with van der Waals surface area (Å²) in [6.07, 6.45) is -0.401. The zero-order chi connectivity index (χ0) is 20.0. The summed E-state index contributed by atoms with van der Waals surface area (Å²) in [4.78, 5) is 24.9. The van der Waals surface area contributed by atoms with E-state index in [9.17, 15) is 9.59 Å². The molecule has 0 fully saturated rings. The molecule has 6 nitrogen and oxygen atoms in total. The van der Waals surface area contributed by atoms with E-state index in [1.807, 2.05) is 24.3 Å². The van der Waals surface area contributed by atoms with Crippen molar-refractivity contribution in [3.63, 3.8) is 0 Å². The maximum atomic E-state index is 12.0. The molecule has 7 heteroatoms. The van der Waals surface area contributed by atoms with Gasteiger partial charge in [0, 0.05) is 24.8 Å². The highest BCUT2D eigenvalue weighted by Crippen LogP contribution is 2.17. The molecular formula is C20H21N2O4P. The lowest BCUT2D eigenvalue weighted by Crippen LogP contribution is -2.25. The van der Waals surface area contributed by atoms with Gasteiger partial charge in [0.2, 0.25) is 0 Å². The Kier molecular flexibility index (Phi) is 6.81. The second-order valence-electron chi connectivity index (χ2n) is 5.80. The minimum atomic E-state index is -0.489. The van der Waals surface area contributed by atoms with Crippen molar-refractivity contribution in [3.8, 4) is 11.8 Å². The van der Waals surface area contributed by atoms with Gasteiger partial charge in [-0.1, -0.05) is 24.0 Å². The highest BCUT2D eigenvalue weighted by Gasteiger charge is 2.14. The van der Waals surface area contributed by atoms with E-state index in [-0.39, 0.29) is 0 Å². The van der Waals surface area contributed by atoms with E-state index in [2.05, 4.69) is 25.8 Å². The summed E-state index contributed by atoms with van der Waals surface area (Å²) in [6, 6.07) is 10.8. The number of anilines is 1. The first kappa shape index (κ1) is 20.3. The highest BCUT2D eigenvalue weighted by atomic mass is 31.0. The number of hydrogen-bond acceptors (Lipinski definition) is 5.